The molecule has 1 saturated carbocycles. The molecule has 1 aliphatic carbocycles. The zero-order chi connectivity index (χ0) is 13.4. The molecule has 2 aromatic rings. The zero-order valence-corrected chi connectivity index (χ0v) is 12.5. The lowest BCUT2D eigenvalue weighted by atomic mass is 10.3. The maximum absolute atomic E-state index is 4.63. The molecule has 1 fully saturated rings. The average Bonchev–Trinajstić information content (AvgIpc) is 3.01. The molecule has 0 aliphatic heterocycles. The van der Waals surface area contributed by atoms with E-state index < -0.39 is 0 Å². The van der Waals surface area contributed by atoms with Gasteiger partial charge in [0.2, 0.25) is 5.95 Å². The third kappa shape index (κ3) is 2.52. The molecule has 102 valence electrons. The molecule has 2 aromatic heterocycles. The van der Waals surface area contributed by atoms with Crippen LogP contribution in [0.3, 0.4) is 0 Å². The summed E-state index contributed by atoms with van der Waals surface area (Å²) in [4.78, 5) is 11.5. The molecule has 0 aromatic carbocycles. The largest absolute Gasteiger partial charge is 0.366 e. The molecule has 19 heavy (non-hydrogen) atoms. The van der Waals surface area contributed by atoms with Crippen LogP contribution < -0.4 is 10.6 Å². The van der Waals surface area contributed by atoms with Crippen molar-refractivity contribution in [2.24, 2.45) is 5.92 Å². The first-order valence-electron chi connectivity index (χ1n) is 6.99. The first-order chi connectivity index (χ1) is 9.21. The van der Waals surface area contributed by atoms with E-state index in [1.807, 2.05) is 0 Å². The van der Waals surface area contributed by atoms with Gasteiger partial charge in [0.25, 0.3) is 0 Å². The van der Waals surface area contributed by atoms with E-state index in [0.717, 1.165) is 34.4 Å². The molecule has 0 spiro atoms. The molecule has 5 heteroatoms. The number of nitrogens with zero attached hydrogens (tertiary/aromatic N) is 2. The number of thiophene rings is 1. The van der Waals surface area contributed by atoms with Gasteiger partial charge in [0.1, 0.15) is 10.6 Å². The fourth-order valence-electron chi connectivity index (χ4n) is 2.44. The van der Waals surface area contributed by atoms with Gasteiger partial charge in [-0.3, -0.25) is 0 Å². The number of rotatable bonds is 5. The number of hydrogen-bond acceptors (Lipinski definition) is 5. The molecule has 1 aliphatic rings. The van der Waals surface area contributed by atoms with Gasteiger partial charge in [0.15, 0.2) is 0 Å². The highest BCUT2D eigenvalue weighted by Gasteiger charge is 2.35. The van der Waals surface area contributed by atoms with Crippen molar-refractivity contribution in [3.8, 4) is 0 Å². The number of nitrogens with one attached hydrogen (secondary N) is 2. The van der Waals surface area contributed by atoms with Gasteiger partial charge in [-0.25, -0.2) is 4.98 Å². The van der Waals surface area contributed by atoms with Gasteiger partial charge < -0.3 is 10.6 Å². The van der Waals surface area contributed by atoms with Gasteiger partial charge in [0, 0.05) is 17.5 Å². The van der Waals surface area contributed by atoms with Crippen LogP contribution >= 0.6 is 11.3 Å². The second kappa shape index (κ2) is 4.96. The highest BCUT2D eigenvalue weighted by molar-refractivity contribution is 7.18. The first-order valence-corrected chi connectivity index (χ1v) is 7.81. The van der Waals surface area contributed by atoms with E-state index >= 15 is 0 Å². The van der Waals surface area contributed by atoms with E-state index in [1.165, 1.54) is 17.7 Å². The minimum Gasteiger partial charge on any atom is -0.366 e. The van der Waals surface area contributed by atoms with Gasteiger partial charge in [0.05, 0.1) is 5.39 Å². The standard InChI is InChI=1S/C14H20N4S/c1-4-9-7-11(9)16-12-10-6-8(3)19-13(10)18-14(17-12)15-5-2/h6,9,11H,4-5,7H2,1-3H3,(H2,15,16,17,18). The van der Waals surface area contributed by atoms with Crippen LogP contribution in [0.2, 0.25) is 0 Å². The molecule has 2 unspecified atom stereocenters. The van der Waals surface area contributed by atoms with Crippen molar-refractivity contribution in [3.05, 3.63) is 10.9 Å². The van der Waals surface area contributed by atoms with Crippen molar-refractivity contribution in [2.45, 2.75) is 39.7 Å². The molecule has 0 bridgehead atoms. The minimum absolute atomic E-state index is 0.595. The molecule has 2 atom stereocenters. The Morgan fingerprint density at radius 3 is 2.89 bits per heavy atom. The predicted molar refractivity (Wildman–Crippen MR) is 82.1 cm³/mol. The molecule has 2 N–H and O–H groups in total. The number of anilines is 2. The second-order valence-corrected chi connectivity index (χ2v) is 6.39. The lowest BCUT2D eigenvalue weighted by Crippen LogP contribution is -2.09. The number of aromatic nitrogens is 2. The number of aryl methyl sites for hydroxylation is 1. The van der Waals surface area contributed by atoms with Crippen molar-refractivity contribution in [3.63, 3.8) is 0 Å². The second-order valence-electron chi connectivity index (χ2n) is 5.16. The van der Waals surface area contributed by atoms with Crippen molar-refractivity contribution in [2.75, 3.05) is 17.2 Å². The van der Waals surface area contributed by atoms with Crippen LogP contribution in [0.15, 0.2) is 6.07 Å². The summed E-state index contributed by atoms with van der Waals surface area (Å²) in [5, 5.41) is 7.96. The highest BCUT2D eigenvalue weighted by Crippen LogP contribution is 2.38. The van der Waals surface area contributed by atoms with Gasteiger partial charge >= 0.3 is 0 Å². The third-order valence-corrected chi connectivity index (χ3v) is 4.56. The summed E-state index contributed by atoms with van der Waals surface area (Å²) < 4.78 is 0. The average molecular weight is 276 g/mol. The van der Waals surface area contributed by atoms with Crippen LogP contribution in [0, 0.1) is 12.8 Å². The Balaban J connectivity index is 1.95. The Morgan fingerprint density at radius 2 is 2.21 bits per heavy atom. The molecule has 0 amide bonds. The van der Waals surface area contributed by atoms with Crippen molar-refractivity contribution >= 4 is 33.3 Å². The highest BCUT2D eigenvalue weighted by atomic mass is 32.1. The van der Waals surface area contributed by atoms with Crippen molar-refractivity contribution in [1.82, 2.24) is 9.97 Å². The normalized spacial score (nSPS) is 21.6. The predicted octanol–water partition coefficient (Wildman–Crippen LogP) is 3.64. The fraction of sp³-hybridized carbons (Fsp3) is 0.571. The summed E-state index contributed by atoms with van der Waals surface area (Å²) >= 11 is 1.73. The van der Waals surface area contributed by atoms with Crippen molar-refractivity contribution < 1.29 is 0 Å². The topological polar surface area (TPSA) is 49.8 Å². The molecule has 3 rings (SSSR count). The number of hydrogen-bond donors (Lipinski definition) is 2. The lowest BCUT2D eigenvalue weighted by molar-refractivity contribution is 0.774. The SMILES string of the molecule is CCNc1nc(NC2CC2CC)c2cc(C)sc2n1. The summed E-state index contributed by atoms with van der Waals surface area (Å²) in [6, 6.07) is 2.78. The van der Waals surface area contributed by atoms with E-state index in [9.17, 15) is 0 Å². The Labute approximate surface area is 117 Å². The maximum Gasteiger partial charge on any atom is 0.226 e. The van der Waals surface area contributed by atoms with Gasteiger partial charge in [-0.05, 0) is 32.3 Å². The molecular formula is C14H20N4S. The van der Waals surface area contributed by atoms with E-state index in [-0.39, 0.29) is 0 Å². The van der Waals surface area contributed by atoms with Crippen molar-refractivity contribution in [1.29, 1.82) is 0 Å². The van der Waals surface area contributed by atoms with E-state index in [2.05, 4.69) is 47.4 Å². The Morgan fingerprint density at radius 1 is 1.37 bits per heavy atom. The van der Waals surface area contributed by atoms with Gasteiger partial charge in [-0.15, -0.1) is 11.3 Å². The van der Waals surface area contributed by atoms with E-state index in [4.69, 9.17) is 0 Å². The fourth-order valence-corrected chi connectivity index (χ4v) is 3.32. The summed E-state index contributed by atoms with van der Waals surface area (Å²) in [6.07, 6.45) is 2.51. The summed E-state index contributed by atoms with van der Waals surface area (Å²) in [5.74, 6) is 2.53. The molecule has 4 nitrogen and oxygen atoms in total. The summed E-state index contributed by atoms with van der Waals surface area (Å²) in [6.45, 7) is 7.28. The zero-order valence-electron chi connectivity index (χ0n) is 11.7. The third-order valence-electron chi connectivity index (χ3n) is 3.62. The Hall–Kier alpha value is -1.36. The maximum atomic E-state index is 4.63. The van der Waals surface area contributed by atoms with Crippen LogP contribution in [0.4, 0.5) is 11.8 Å². The monoisotopic (exact) mass is 276 g/mol. The van der Waals surface area contributed by atoms with Crippen LogP contribution in [0.1, 0.15) is 31.6 Å². The first kappa shape index (κ1) is 12.7. The van der Waals surface area contributed by atoms with Gasteiger partial charge in [-0.1, -0.05) is 13.3 Å². The Kier molecular flexibility index (Phi) is 3.31. The Bertz CT molecular complexity index is 592. The molecule has 0 radical (unpaired) electrons. The molecule has 0 saturated heterocycles. The summed E-state index contributed by atoms with van der Waals surface area (Å²) in [7, 11) is 0. The van der Waals surface area contributed by atoms with Crippen LogP contribution in [-0.2, 0) is 0 Å². The lowest BCUT2D eigenvalue weighted by Gasteiger charge is -2.08. The van der Waals surface area contributed by atoms with E-state index in [1.54, 1.807) is 11.3 Å². The van der Waals surface area contributed by atoms with Crippen LogP contribution in [0.5, 0.6) is 0 Å². The molecular weight excluding hydrogens is 256 g/mol. The molecule has 2 heterocycles. The van der Waals surface area contributed by atoms with Crippen LogP contribution in [-0.4, -0.2) is 22.6 Å². The van der Waals surface area contributed by atoms with Crippen LogP contribution in [0.25, 0.3) is 10.2 Å². The quantitative estimate of drug-likeness (QED) is 0.875. The smallest absolute Gasteiger partial charge is 0.226 e. The van der Waals surface area contributed by atoms with E-state index in [0.29, 0.717) is 6.04 Å². The minimum atomic E-state index is 0.595. The summed E-state index contributed by atoms with van der Waals surface area (Å²) in [5.41, 5.74) is 0. The van der Waals surface area contributed by atoms with Gasteiger partial charge in [-0.2, -0.15) is 4.98 Å². The number of fused-ring (bicyclic) bond motifs is 1.